The number of piperidine rings is 1. The van der Waals surface area contributed by atoms with Gasteiger partial charge in [-0.2, -0.15) is 0 Å². The Morgan fingerprint density at radius 2 is 1.76 bits per heavy atom. The van der Waals surface area contributed by atoms with E-state index in [-0.39, 0.29) is 0 Å². The molecule has 0 bridgehead atoms. The van der Waals surface area contributed by atoms with Gasteiger partial charge < -0.3 is 15.5 Å². The molecule has 156 valence electrons. The zero-order valence-electron chi connectivity index (χ0n) is 18.1. The van der Waals surface area contributed by atoms with E-state index in [0.29, 0.717) is 12.6 Å². The monoisotopic (exact) mass is 393 g/mol. The number of nitrogens with zero attached hydrogens (tertiary/aromatic N) is 3. The van der Waals surface area contributed by atoms with Crippen molar-refractivity contribution in [3.8, 4) is 0 Å². The van der Waals surface area contributed by atoms with Crippen LogP contribution in [0.1, 0.15) is 30.9 Å². The molecule has 5 nitrogen and oxygen atoms in total. The van der Waals surface area contributed by atoms with Crippen LogP contribution in [0.2, 0.25) is 0 Å². The van der Waals surface area contributed by atoms with Crippen molar-refractivity contribution in [2.45, 2.75) is 38.9 Å². The maximum absolute atomic E-state index is 4.83. The second-order valence-electron chi connectivity index (χ2n) is 7.94. The fraction of sp³-hybridized carbons (Fsp3) is 0.458. The molecule has 3 rings (SSSR count). The molecule has 0 amide bonds. The highest BCUT2D eigenvalue weighted by atomic mass is 15.2. The summed E-state index contributed by atoms with van der Waals surface area (Å²) in [5.74, 6) is 0.921. The van der Waals surface area contributed by atoms with Gasteiger partial charge >= 0.3 is 0 Å². The lowest BCUT2D eigenvalue weighted by Gasteiger charge is -2.33. The molecule has 29 heavy (non-hydrogen) atoms. The van der Waals surface area contributed by atoms with Crippen LogP contribution in [0.5, 0.6) is 0 Å². The van der Waals surface area contributed by atoms with E-state index in [0.717, 1.165) is 45.0 Å². The summed E-state index contributed by atoms with van der Waals surface area (Å²) in [5.41, 5.74) is 3.83. The minimum Gasteiger partial charge on any atom is -0.378 e. The fourth-order valence-electron chi connectivity index (χ4n) is 3.69. The summed E-state index contributed by atoms with van der Waals surface area (Å²) in [7, 11) is 4.14. The van der Waals surface area contributed by atoms with E-state index in [2.05, 4.69) is 96.0 Å². The highest BCUT2D eigenvalue weighted by Gasteiger charge is 2.20. The molecule has 2 aromatic rings. The van der Waals surface area contributed by atoms with Gasteiger partial charge in [0, 0.05) is 52.0 Å². The van der Waals surface area contributed by atoms with Gasteiger partial charge in [-0.25, -0.2) is 4.99 Å². The molecule has 0 saturated carbocycles. The summed E-state index contributed by atoms with van der Waals surface area (Å²) >= 11 is 0. The molecular weight excluding hydrogens is 358 g/mol. The smallest absolute Gasteiger partial charge is 0.191 e. The number of anilines is 1. The highest BCUT2D eigenvalue weighted by molar-refractivity contribution is 5.80. The second kappa shape index (κ2) is 10.9. The third kappa shape index (κ3) is 6.79. The Kier molecular flexibility index (Phi) is 7.94. The summed E-state index contributed by atoms with van der Waals surface area (Å²) in [6.45, 7) is 6.96. The van der Waals surface area contributed by atoms with E-state index in [1.54, 1.807) is 0 Å². The van der Waals surface area contributed by atoms with Crippen molar-refractivity contribution >= 4 is 11.6 Å². The van der Waals surface area contributed by atoms with Crippen LogP contribution in [0.15, 0.2) is 59.6 Å². The zero-order valence-corrected chi connectivity index (χ0v) is 18.1. The zero-order chi connectivity index (χ0) is 20.5. The topological polar surface area (TPSA) is 42.9 Å². The molecule has 0 aliphatic carbocycles. The molecule has 0 radical (unpaired) electrons. The molecule has 0 atom stereocenters. The number of hydrogen-bond donors (Lipinski definition) is 2. The quantitative estimate of drug-likeness (QED) is 0.558. The van der Waals surface area contributed by atoms with Gasteiger partial charge in [-0.3, -0.25) is 4.90 Å². The lowest BCUT2D eigenvalue weighted by atomic mass is 10.0. The first-order chi connectivity index (χ1) is 14.1. The predicted octanol–water partition coefficient (Wildman–Crippen LogP) is 3.47. The predicted molar refractivity (Wildman–Crippen MR) is 123 cm³/mol. The highest BCUT2D eigenvalue weighted by Crippen LogP contribution is 2.15. The third-order valence-electron chi connectivity index (χ3n) is 5.37. The maximum Gasteiger partial charge on any atom is 0.191 e. The number of likely N-dealkylation sites (tertiary alicyclic amines) is 1. The first-order valence-corrected chi connectivity index (χ1v) is 10.7. The molecule has 0 aromatic heterocycles. The maximum atomic E-state index is 4.83. The molecular formula is C24H35N5. The van der Waals surface area contributed by atoms with Crippen molar-refractivity contribution in [3.05, 3.63) is 65.7 Å². The largest absolute Gasteiger partial charge is 0.378 e. The van der Waals surface area contributed by atoms with Gasteiger partial charge in [-0.1, -0.05) is 42.5 Å². The molecule has 1 heterocycles. The third-order valence-corrected chi connectivity index (χ3v) is 5.37. The number of benzene rings is 2. The molecule has 5 heteroatoms. The molecule has 1 saturated heterocycles. The number of hydrogen-bond acceptors (Lipinski definition) is 3. The number of guanidine groups is 1. The van der Waals surface area contributed by atoms with Gasteiger partial charge in [-0.05, 0) is 43.0 Å². The first kappa shape index (κ1) is 21.2. The number of nitrogens with one attached hydrogen (secondary N) is 2. The van der Waals surface area contributed by atoms with Crippen LogP contribution in [0.4, 0.5) is 5.69 Å². The van der Waals surface area contributed by atoms with Crippen molar-refractivity contribution < 1.29 is 0 Å². The summed E-state index contributed by atoms with van der Waals surface area (Å²) in [6, 6.07) is 19.8. The summed E-state index contributed by atoms with van der Waals surface area (Å²) < 4.78 is 0. The Labute approximate surface area is 175 Å². The molecule has 1 aliphatic rings. The Bertz CT molecular complexity index is 764. The van der Waals surface area contributed by atoms with Crippen LogP contribution in [-0.4, -0.2) is 50.6 Å². The van der Waals surface area contributed by atoms with Crippen LogP contribution in [0.25, 0.3) is 0 Å². The fourth-order valence-corrected chi connectivity index (χ4v) is 3.69. The lowest BCUT2D eigenvalue weighted by molar-refractivity contribution is 0.198. The standard InChI is InChI=1S/C24H35N5/c1-4-25-24(26-18-21-11-8-12-23(17-21)28(2)3)27-22-13-15-29(16-14-22)19-20-9-6-5-7-10-20/h5-12,17,22H,4,13-16,18-19H2,1-3H3,(H2,25,26,27). The van der Waals surface area contributed by atoms with Gasteiger partial charge in [0.25, 0.3) is 0 Å². The molecule has 2 N–H and O–H groups in total. The lowest BCUT2D eigenvalue weighted by Crippen LogP contribution is -2.48. The van der Waals surface area contributed by atoms with Crippen LogP contribution in [-0.2, 0) is 13.1 Å². The number of aliphatic imine (C=N–C) groups is 1. The molecule has 0 spiro atoms. The van der Waals surface area contributed by atoms with Gasteiger partial charge in [-0.15, -0.1) is 0 Å². The Hall–Kier alpha value is -2.53. The summed E-state index contributed by atoms with van der Waals surface area (Å²) in [5, 5.41) is 7.05. The Morgan fingerprint density at radius 1 is 1.03 bits per heavy atom. The van der Waals surface area contributed by atoms with Crippen molar-refractivity contribution in [1.82, 2.24) is 15.5 Å². The molecule has 0 unspecified atom stereocenters. The molecule has 2 aromatic carbocycles. The summed E-state index contributed by atoms with van der Waals surface area (Å²) in [6.07, 6.45) is 2.29. The van der Waals surface area contributed by atoms with E-state index in [9.17, 15) is 0 Å². The van der Waals surface area contributed by atoms with Crippen molar-refractivity contribution in [3.63, 3.8) is 0 Å². The van der Waals surface area contributed by atoms with E-state index in [4.69, 9.17) is 4.99 Å². The SMILES string of the molecule is CCNC(=NCc1cccc(N(C)C)c1)NC1CCN(Cc2ccccc2)CC1. The van der Waals surface area contributed by atoms with Crippen LogP contribution >= 0.6 is 0 Å². The average Bonchev–Trinajstić information content (AvgIpc) is 2.74. The normalized spacial score (nSPS) is 15.9. The Balaban J connectivity index is 1.51. The summed E-state index contributed by atoms with van der Waals surface area (Å²) in [4.78, 5) is 9.50. The van der Waals surface area contributed by atoms with Crippen molar-refractivity contribution in [2.75, 3.05) is 38.6 Å². The van der Waals surface area contributed by atoms with Gasteiger partial charge in [0.15, 0.2) is 5.96 Å². The van der Waals surface area contributed by atoms with Gasteiger partial charge in [0.2, 0.25) is 0 Å². The van der Waals surface area contributed by atoms with E-state index < -0.39 is 0 Å². The second-order valence-corrected chi connectivity index (χ2v) is 7.94. The molecule has 1 fully saturated rings. The van der Waals surface area contributed by atoms with Crippen LogP contribution < -0.4 is 15.5 Å². The first-order valence-electron chi connectivity index (χ1n) is 10.7. The van der Waals surface area contributed by atoms with Gasteiger partial charge in [0.05, 0.1) is 6.54 Å². The molecule has 1 aliphatic heterocycles. The van der Waals surface area contributed by atoms with Crippen LogP contribution in [0.3, 0.4) is 0 Å². The number of rotatable bonds is 7. The van der Waals surface area contributed by atoms with E-state index >= 15 is 0 Å². The van der Waals surface area contributed by atoms with Gasteiger partial charge in [0.1, 0.15) is 0 Å². The minimum atomic E-state index is 0.480. The van der Waals surface area contributed by atoms with E-state index in [1.165, 1.54) is 16.8 Å². The van der Waals surface area contributed by atoms with Crippen LogP contribution in [0, 0.1) is 0 Å². The average molecular weight is 394 g/mol. The Morgan fingerprint density at radius 3 is 2.45 bits per heavy atom. The van der Waals surface area contributed by atoms with E-state index in [1.807, 2.05) is 0 Å². The minimum absolute atomic E-state index is 0.480. The van der Waals surface area contributed by atoms with Crippen molar-refractivity contribution in [2.24, 2.45) is 4.99 Å². The van der Waals surface area contributed by atoms with Crippen molar-refractivity contribution in [1.29, 1.82) is 0 Å².